The fraction of sp³-hybridized carbons (Fsp3) is 0.500. The molecule has 8 heteroatoms. The van der Waals surface area contributed by atoms with Gasteiger partial charge in [0.2, 0.25) is 5.91 Å². The molecule has 1 fully saturated rings. The van der Waals surface area contributed by atoms with Crippen LogP contribution in [0.25, 0.3) is 0 Å². The number of alkyl halides is 1. The summed E-state index contributed by atoms with van der Waals surface area (Å²) in [6, 6.07) is 5.74. The Morgan fingerprint density at radius 1 is 1.27 bits per heavy atom. The minimum Gasteiger partial charge on any atom is -0.444 e. The molecule has 142 valence electrons. The van der Waals surface area contributed by atoms with Crippen LogP contribution < -0.4 is 5.32 Å². The Kier molecular flexibility index (Phi) is 6.39. The predicted octanol–water partition coefficient (Wildman–Crippen LogP) is 3.10. The number of amides is 2. The lowest BCUT2D eigenvalue weighted by molar-refractivity contribution is -0.125. The van der Waals surface area contributed by atoms with Crippen LogP contribution in [0.3, 0.4) is 0 Å². The number of rotatable bonds is 4. The van der Waals surface area contributed by atoms with Crippen LogP contribution in [0.1, 0.15) is 37.6 Å². The summed E-state index contributed by atoms with van der Waals surface area (Å²) < 4.78 is 19.8. The SMILES string of the molecule is CC(C)(C)OC(=O)N1C[C@H](F)C[C@H]1C(=O)NCC(=O)c1ccc(Br)cc1. The molecule has 0 radical (unpaired) electrons. The molecular formula is C18H22BrFN2O4. The van der Waals surface area contributed by atoms with Crippen molar-refractivity contribution in [3.63, 3.8) is 0 Å². The average molecular weight is 429 g/mol. The maximum Gasteiger partial charge on any atom is 0.411 e. The van der Waals surface area contributed by atoms with Crippen LogP contribution in [0.4, 0.5) is 9.18 Å². The summed E-state index contributed by atoms with van der Waals surface area (Å²) in [5.74, 6) is -0.842. The molecule has 2 atom stereocenters. The van der Waals surface area contributed by atoms with Gasteiger partial charge in [0.1, 0.15) is 17.8 Å². The van der Waals surface area contributed by atoms with E-state index in [4.69, 9.17) is 4.74 Å². The normalized spacial score (nSPS) is 20.0. The van der Waals surface area contributed by atoms with Crippen molar-refractivity contribution in [1.29, 1.82) is 0 Å². The van der Waals surface area contributed by atoms with Gasteiger partial charge in [-0.3, -0.25) is 14.5 Å². The van der Waals surface area contributed by atoms with Gasteiger partial charge in [-0.25, -0.2) is 9.18 Å². The largest absolute Gasteiger partial charge is 0.444 e. The number of likely N-dealkylation sites (tertiary alicyclic amines) is 1. The fourth-order valence-corrected chi connectivity index (χ4v) is 2.84. The van der Waals surface area contributed by atoms with Crippen LogP contribution in [0, 0.1) is 0 Å². The Balaban J connectivity index is 1.97. The molecule has 0 aromatic heterocycles. The van der Waals surface area contributed by atoms with Crippen molar-refractivity contribution in [3.05, 3.63) is 34.3 Å². The van der Waals surface area contributed by atoms with Crippen molar-refractivity contribution in [2.45, 2.75) is 45.0 Å². The number of nitrogens with zero attached hydrogens (tertiary/aromatic N) is 1. The summed E-state index contributed by atoms with van der Waals surface area (Å²) in [6.07, 6.45) is -2.16. The van der Waals surface area contributed by atoms with Crippen LogP contribution in [-0.2, 0) is 9.53 Å². The molecule has 1 aromatic rings. The predicted molar refractivity (Wildman–Crippen MR) is 97.7 cm³/mol. The second kappa shape index (κ2) is 8.16. The number of hydrogen-bond acceptors (Lipinski definition) is 4. The Bertz CT molecular complexity index is 687. The van der Waals surface area contributed by atoms with Gasteiger partial charge in [-0.05, 0) is 32.9 Å². The highest BCUT2D eigenvalue weighted by Crippen LogP contribution is 2.23. The average Bonchev–Trinajstić information content (AvgIpc) is 2.93. The molecule has 0 unspecified atom stereocenters. The van der Waals surface area contributed by atoms with Crippen molar-refractivity contribution in [3.8, 4) is 0 Å². The third kappa shape index (κ3) is 5.52. The van der Waals surface area contributed by atoms with Gasteiger partial charge in [-0.1, -0.05) is 28.1 Å². The zero-order valence-electron chi connectivity index (χ0n) is 14.9. The van der Waals surface area contributed by atoms with Crippen molar-refractivity contribution in [2.75, 3.05) is 13.1 Å². The number of benzene rings is 1. The van der Waals surface area contributed by atoms with Crippen LogP contribution in [-0.4, -0.2) is 53.6 Å². The lowest BCUT2D eigenvalue weighted by Gasteiger charge is -2.27. The smallest absolute Gasteiger partial charge is 0.411 e. The van der Waals surface area contributed by atoms with Gasteiger partial charge in [-0.15, -0.1) is 0 Å². The van der Waals surface area contributed by atoms with Crippen LogP contribution in [0.5, 0.6) is 0 Å². The van der Waals surface area contributed by atoms with Crippen LogP contribution in [0.15, 0.2) is 28.7 Å². The van der Waals surface area contributed by atoms with E-state index in [-0.39, 0.29) is 25.3 Å². The molecule has 0 saturated carbocycles. The quantitative estimate of drug-likeness (QED) is 0.747. The van der Waals surface area contributed by atoms with Gasteiger partial charge in [0, 0.05) is 16.5 Å². The van der Waals surface area contributed by atoms with E-state index in [9.17, 15) is 18.8 Å². The molecule has 1 aliphatic rings. The molecule has 2 amide bonds. The molecule has 26 heavy (non-hydrogen) atoms. The Morgan fingerprint density at radius 3 is 2.46 bits per heavy atom. The molecular weight excluding hydrogens is 407 g/mol. The summed E-state index contributed by atoms with van der Waals surface area (Å²) in [4.78, 5) is 37.8. The second-order valence-corrected chi connectivity index (χ2v) is 8.05. The number of hydrogen-bond donors (Lipinski definition) is 1. The maximum absolute atomic E-state index is 13.8. The topological polar surface area (TPSA) is 75.7 Å². The van der Waals surface area contributed by atoms with E-state index in [1.165, 1.54) is 0 Å². The Hall–Kier alpha value is -1.96. The molecule has 1 N–H and O–H groups in total. The lowest BCUT2D eigenvalue weighted by atomic mass is 10.1. The molecule has 0 aliphatic carbocycles. The minimum atomic E-state index is -1.31. The summed E-state index contributed by atoms with van der Waals surface area (Å²) in [5.41, 5.74) is -0.295. The number of carbonyl (C=O) groups is 3. The molecule has 2 rings (SSSR count). The van der Waals surface area contributed by atoms with Crippen molar-refractivity contribution >= 4 is 33.7 Å². The van der Waals surface area contributed by atoms with Gasteiger partial charge in [0.05, 0.1) is 13.1 Å². The highest BCUT2D eigenvalue weighted by Gasteiger charge is 2.41. The number of ketones is 1. The van der Waals surface area contributed by atoms with E-state index in [1.807, 2.05) is 0 Å². The van der Waals surface area contributed by atoms with Crippen LogP contribution >= 0.6 is 15.9 Å². The highest BCUT2D eigenvalue weighted by molar-refractivity contribution is 9.10. The fourth-order valence-electron chi connectivity index (χ4n) is 2.58. The summed E-state index contributed by atoms with van der Waals surface area (Å²) >= 11 is 3.28. The van der Waals surface area contributed by atoms with Crippen LogP contribution in [0.2, 0.25) is 0 Å². The molecule has 0 bridgehead atoms. The van der Waals surface area contributed by atoms with Gasteiger partial charge in [-0.2, -0.15) is 0 Å². The first-order valence-corrected chi connectivity index (χ1v) is 9.06. The van der Waals surface area contributed by atoms with Crippen molar-refractivity contribution < 1.29 is 23.5 Å². The number of nitrogens with one attached hydrogen (secondary N) is 1. The number of ether oxygens (including phenoxy) is 1. The number of halogens is 2. The first-order valence-electron chi connectivity index (χ1n) is 8.27. The second-order valence-electron chi connectivity index (χ2n) is 7.13. The Morgan fingerprint density at radius 2 is 1.88 bits per heavy atom. The first-order chi connectivity index (χ1) is 12.1. The summed E-state index contributed by atoms with van der Waals surface area (Å²) in [6.45, 7) is 4.66. The van der Waals surface area contributed by atoms with Gasteiger partial charge < -0.3 is 10.1 Å². The summed E-state index contributed by atoms with van der Waals surface area (Å²) in [7, 11) is 0. The van der Waals surface area contributed by atoms with E-state index in [0.717, 1.165) is 9.37 Å². The molecule has 1 aliphatic heterocycles. The first kappa shape index (κ1) is 20.4. The molecule has 1 heterocycles. The van der Waals surface area contributed by atoms with Gasteiger partial charge in [0.15, 0.2) is 5.78 Å². The number of carbonyl (C=O) groups excluding carboxylic acids is 3. The summed E-state index contributed by atoms with van der Waals surface area (Å²) in [5, 5.41) is 2.49. The van der Waals surface area contributed by atoms with E-state index >= 15 is 0 Å². The van der Waals surface area contributed by atoms with Gasteiger partial charge >= 0.3 is 6.09 Å². The molecule has 6 nitrogen and oxygen atoms in total. The molecule has 1 saturated heterocycles. The third-order valence-electron chi connectivity index (χ3n) is 3.77. The standard InChI is InChI=1S/C18H22BrFN2O4/c1-18(2,3)26-17(25)22-10-13(20)8-14(22)16(24)21-9-15(23)11-4-6-12(19)7-5-11/h4-7,13-14H,8-10H2,1-3H3,(H,21,24)/t13-,14+/m1/s1. The minimum absolute atomic E-state index is 0.114. The van der Waals surface area contributed by atoms with Gasteiger partial charge in [0.25, 0.3) is 0 Å². The zero-order valence-corrected chi connectivity index (χ0v) is 16.5. The van der Waals surface area contributed by atoms with E-state index in [0.29, 0.717) is 5.56 Å². The van der Waals surface area contributed by atoms with Crippen molar-refractivity contribution in [1.82, 2.24) is 10.2 Å². The van der Waals surface area contributed by atoms with E-state index in [2.05, 4.69) is 21.2 Å². The van der Waals surface area contributed by atoms with Crippen molar-refractivity contribution in [2.24, 2.45) is 0 Å². The Labute approximate surface area is 160 Å². The number of Topliss-reactive ketones (excluding diaryl/α,β-unsaturated/α-hetero) is 1. The highest BCUT2D eigenvalue weighted by atomic mass is 79.9. The van der Waals surface area contributed by atoms with E-state index in [1.54, 1.807) is 45.0 Å². The molecule has 0 spiro atoms. The lowest BCUT2D eigenvalue weighted by Crippen LogP contribution is -2.48. The maximum atomic E-state index is 13.8. The molecule has 1 aromatic carbocycles. The third-order valence-corrected chi connectivity index (χ3v) is 4.30. The van der Waals surface area contributed by atoms with E-state index < -0.39 is 29.8 Å². The zero-order chi connectivity index (χ0) is 19.5. The monoisotopic (exact) mass is 428 g/mol.